The monoisotopic (exact) mass is 279 g/mol. The number of rotatable bonds is 4. The molecular formula is C14H21N3O3. The van der Waals surface area contributed by atoms with Gasteiger partial charge < -0.3 is 20.3 Å². The number of aliphatic hydroxyl groups excluding tert-OH is 1. The average molecular weight is 279 g/mol. The van der Waals surface area contributed by atoms with E-state index in [0.29, 0.717) is 6.61 Å². The molecule has 6 heteroatoms. The smallest absolute Gasteiger partial charge is 0.176 e. The zero-order chi connectivity index (χ0) is 14.1. The van der Waals surface area contributed by atoms with Crippen LogP contribution in [0.1, 0.15) is 5.69 Å². The molecule has 5 atom stereocenters. The van der Waals surface area contributed by atoms with Gasteiger partial charge in [0.25, 0.3) is 0 Å². The van der Waals surface area contributed by atoms with Gasteiger partial charge in [-0.2, -0.15) is 0 Å². The Balaban J connectivity index is 1.62. The van der Waals surface area contributed by atoms with E-state index in [1.807, 2.05) is 30.1 Å². The lowest BCUT2D eigenvalue weighted by Crippen LogP contribution is -2.62. The minimum Gasteiger partial charge on any atom is -0.390 e. The molecule has 0 spiro atoms. The molecule has 2 fully saturated rings. The van der Waals surface area contributed by atoms with E-state index in [0.717, 1.165) is 18.7 Å². The van der Waals surface area contributed by atoms with Crippen LogP contribution in [0.2, 0.25) is 0 Å². The molecule has 2 bridgehead atoms. The van der Waals surface area contributed by atoms with Crippen LogP contribution in [0.15, 0.2) is 24.4 Å². The first-order chi connectivity index (χ1) is 9.66. The number of hydrogen-bond donors (Lipinski definition) is 2. The number of likely N-dealkylation sites (N-methyl/N-ethyl adjacent to an activating group) is 1. The molecule has 0 saturated carbocycles. The summed E-state index contributed by atoms with van der Waals surface area (Å²) < 4.78 is 11.3. The molecule has 1 aromatic heterocycles. The highest BCUT2D eigenvalue weighted by Crippen LogP contribution is 2.29. The van der Waals surface area contributed by atoms with E-state index in [9.17, 15) is 5.11 Å². The van der Waals surface area contributed by atoms with Gasteiger partial charge in [-0.25, -0.2) is 0 Å². The van der Waals surface area contributed by atoms with E-state index in [1.54, 1.807) is 6.20 Å². The van der Waals surface area contributed by atoms with Gasteiger partial charge in [-0.3, -0.25) is 9.88 Å². The molecule has 3 rings (SSSR count). The van der Waals surface area contributed by atoms with Crippen LogP contribution in [0.4, 0.5) is 0 Å². The molecule has 0 aliphatic carbocycles. The highest BCUT2D eigenvalue weighted by atomic mass is 16.7. The van der Waals surface area contributed by atoms with Gasteiger partial charge in [0.2, 0.25) is 0 Å². The molecule has 0 unspecified atom stereocenters. The summed E-state index contributed by atoms with van der Waals surface area (Å²) in [6, 6.07) is 5.25. The van der Waals surface area contributed by atoms with Gasteiger partial charge in [0.1, 0.15) is 6.10 Å². The molecule has 3 heterocycles. The lowest BCUT2D eigenvalue weighted by atomic mass is 9.96. The van der Waals surface area contributed by atoms with Gasteiger partial charge in [0.15, 0.2) is 6.29 Å². The third kappa shape index (κ3) is 2.57. The SMILES string of the molecule is CN(CCc1ccccn1)[C@@H]1[C@@H]2OC[C@H](O2)[C@@H](N)[C@@H]1O. The predicted octanol–water partition coefficient (Wildman–Crippen LogP) is -0.632. The normalized spacial score (nSPS) is 36.5. The highest BCUT2D eigenvalue weighted by molar-refractivity contribution is 5.05. The summed E-state index contributed by atoms with van der Waals surface area (Å²) in [4.78, 5) is 6.35. The quantitative estimate of drug-likeness (QED) is 0.764. The molecule has 0 aromatic carbocycles. The van der Waals surface area contributed by atoms with Crippen LogP contribution in [0.3, 0.4) is 0 Å². The van der Waals surface area contributed by atoms with Crippen molar-refractivity contribution in [1.82, 2.24) is 9.88 Å². The van der Waals surface area contributed by atoms with Gasteiger partial charge in [0.05, 0.1) is 24.8 Å². The molecule has 20 heavy (non-hydrogen) atoms. The van der Waals surface area contributed by atoms with Gasteiger partial charge in [0, 0.05) is 24.9 Å². The number of nitrogens with zero attached hydrogens (tertiary/aromatic N) is 2. The second-order valence-electron chi connectivity index (χ2n) is 5.49. The number of hydrogen-bond acceptors (Lipinski definition) is 6. The van der Waals surface area contributed by atoms with Crippen LogP contribution in [0.25, 0.3) is 0 Å². The Kier molecular flexibility index (Phi) is 4.00. The van der Waals surface area contributed by atoms with Gasteiger partial charge in [-0.1, -0.05) is 6.07 Å². The number of aliphatic hydroxyl groups is 1. The van der Waals surface area contributed by atoms with Crippen molar-refractivity contribution in [3.63, 3.8) is 0 Å². The van der Waals surface area contributed by atoms with Crippen LogP contribution in [0.5, 0.6) is 0 Å². The summed E-state index contributed by atoms with van der Waals surface area (Å²) >= 11 is 0. The maximum absolute atomic E-state index is 10.3. The number of pyridine rings is 1. The summed E-state index contributed by atoms with van der Waals surface area (Å²) in [6.07, 6.45) is 1.40. The number of fused-ring (bicyclic) bond motifs is 2. The first kappa shape index (κ1) is 13.9. The number of ether oxygens (including phenoxy) is 2. The Morgan fingerprint density at radius 3 is 3.10 bits per heavy atom. The predicted molar refractivity (Wildman–Crippen MR) is 73.0 cm³/mol. The van der Waals surface area contributed by atoms with Crippen LogP contribution in [-0.4, -0.2) is 65.8 Å². The van der Waals surface area contributed by atoms with Crippen molar-refractivity contribution in [3.05, 3.63) is 30.1 Å². The fraction of sp³-hybridized carbons (Fsp3) is 0.643. The molecular weight excluding hydrogens is 258 g/mol. The van der Waals surface area contributed by atoms with Crippen LogP contribution < -0.4 is 5.73 Å². The van der Waals surface area contributed by atoms with E-state index < -0.39 is 12.1 Å². The van der Waals surface area contributed by atoms with E-state index in [2.05, 4.69) is 4.98 Å². The third-order valence-corrected chi connectivity index (χ3v) is 4.14. The fourth-order valence-corrected chi connectivity index (χ4v) is 2.88. The third-order valence-electron chi connectivity index (χ3n) is 4.14. The number of nitrogens with two attached hydrogens (primary N) is 1. The standard InChI is InChI=1S/C14H21N3O3/c1-17(7-5-9-4-2-3-6-16-9)12-13(18)11(15)10-8-19-14(12)20-10/h2-4,6,10-14,18H,5,7-8,15H2,1H3/t10-,11+,12-,13-,14+/m0/s1. The Hall–Kier alpha value is -1.05. The molecule has 0 radical (unpaired) electrons. The zero-order valence-electron chi connectivity index (χ0n) is 11.6. The lowest BCUT2D eigenvalue weighted by Gasteiger charge is -2.41. The maximum Gasteiger partial charge on any atom is 0.176 e. The zero-order valence-corrected chi connectivity index (χ0v) is 11.6. The summed E-state index contributed by atoms with van der Waals surface area (Å²) in [7, 11) is 1.95. The first-order valence-corrected chi connectivity index (χ1v) is 6.97. The Labute approximate surface area is 118 Å². The van der Waals surface area contributed by atoms with E-state index >= 15 is 0 Å². The summed E-state index contributed by atoms with van der Waals surface area (Å²) in [5.41, 5.74) is 7.03. The van der Waals surface area contributed by atoms with Crippen molar-refractivity contribution < 1.29 is 14.6 Å². The Bertz CT molecular complexity index is 445. The summed E-state index contributed by atoms with van der Waals surface area (Å²) in [5, 5.41) is 10.3. The van der Waals surface area contributed by atoms with Gasteiger partial charge in [-0.05, 0) is 19.2 Å². The molecule has 2 aliphatic rings. The molecule has 3 N–H and O–H groups in total. The van der Waals surface area contributed by atoms with E-state index in [1.165, 1.54) is 0 Å². The van der Waals surface area contributed by atoms with Crippen LogP contribution >= 0.6 is 0 Å². The Morgan fingerprint density at radius 1 is 1.50 bits per heavy atom. The maximum atomic E-state index is 10.3. The summed E-state index contributed by atoms with van der Waals surface area (Å²) in [6.45, 7) is 1.23. The van der Waals surface area contributed by atoms with E-state index in [-0.39, 0.29) is 18.4 Å². The van der Waals surface area contributed by atoms with Crippen molar-refractivity contribution in [2.45, 2.75) is 37.0 Å². The molecule has 2 aliphatic heterocycles. The minimum absolute atomic E-state index is 0.185. The Morgan fingerprint density at radius 2 is 2.35 bits per heavy atom. The largest absolute Gasteiger partial charge is 0.390 e. The van der Waals surface area contributed by atoms with E-state index in [4.69, 9.17) is 15.2 Å². The minimum atomic E-state index is -0.630. The molecule has 2 saturated heterocycles. The van der Waals surface area contributed by atoms with Crippen LogP contribution in [-0.2, 0) is 15.9 Å². The number of aromatic nitrogens is 1. The summed E-state index contributed by atoms with van der Waals surface area (Å²) in [5.74, 6) is 0. The van der Waals surface area contributed by atoms with Crippen molar-refractivity contribution >= 4 is 0 Å². The van der Waals surface area contributed by atoms with Gasteiger partial charge in [-0.15, -0.1) is 0 Å². The fourth-order valence-electron chi connectivity index (χ4n) is 2.88. The molecule has 6 nitrogen and oxygen atoms in total. The lowest BCUT2D eigenvalue weighted by molar-refractivity contribution is -0.174. The van der Waals surface area contributed by atoms with Crippen molar-refractivity contribution in [2.24, 2.45) is 5.73 Å². The molecule has 110 valence electrons. The highest BCUT2D eigenvalue weighted by Gasteiger charge is 2.49. The molecule has 0 amide bonds. The first-order valence-electron chi connectivity index (χ1n) is 6.97. The second kappa shape index (κ2) is 5.75. The van der Waals surface area contributed by atoms with Crippen LogP contribution in [0, 0.1) is 0 Å². The topological polar surface area (TPSA) is 80.8 Å². The molecule has 1 aromatic rings. The second-order valence-corrected chi connectivity index (χ2v) is 5.49. The van der Waals surface area contributed by atoms with Gasteiger partial charge >= 0.3 is 0 Å². The van der Waals surface area contributed by atoms with Crippen molar-refractivity contribution in [3.8, 4) is 0 Å². The van der Waals surface area contributed by atoms with Crippen molar-refractivity contribution in [2.75, 3.05) is 20.2 Å². The average Bonchev–Trinajstić information content (AvgIpc) is 2.90. The van der Waals surface area contributed by atoms with Crippen molar-refractivity contribution in [1.29, 1.82) is 0 Å².